The summed E-state index contributed by atoms with van der Waals surface area (Å²) in [6, 6.07) is 11.0. The molecular weight excluding hydrogens is 651 g/mol. The number of esters is 2. The number of likely N-dealkylation sites (tertiary alicyclic amines) is 1. The third-order valence-corrected chi connectivity index (χ3v) is 9.53. The first-order chi connectivity index (χ1) is 22.5. The minimum atomic E-state index is -4.49. The molecule has 4 rings (SSSR count). The first-order valence-electron chi connectivity index (χ1n) is 14.5. The average Bonchev–Trinajstić information content (AvgIpc) is 3.44. The second-order valence-electron chi connectivity index (χ2n) is 11.8. The molecule has 0 aromatic heterocycles. The molecule has 1 aliphatic rings. The molecule has 1 fully saturated rings. The molecular formula is C32H33FN4O10S. The summed E-state index contributed by atoms with van der Waals surface area (Å²) in [5.74, 6) is -3.39. The summed E-state index contributed by atoms with van der Waals surface area (Å²) in [7, 11) is -3.29. The molecule has 0 saturated carbocycles. The molecule has 0 bridgehead atoms. The van der Waals surface area contributed by atoms with Crippen LogP contribution in [0.1, 0.15) is 49.2 Å². The Balaban J connectivity index is 1.71. The van der Waals surface area contributed by atoms with Crippen LogP contribution < -0.4 is 10.6 Å². The standard InChI is InChI=1S/C32H33FN4O10S/c1-32(2,3)47-30(40)25-17-26(48(44,45)22-14-12-21(13-15-22)37(42)43)28(23-10-5-6-11-24(23)33)36(25)27(38)18-34-31(41)35-20-9-7-8-19(16-20)29(39)46-4/h5-16,25-26,28H,17-18H2,1-4H3,(H2,34,35,41). The third-order valence-electron chi connectivity index (χ3n) is 7.35. The summed E-state index contributed by atoms with van der Waals surface area (Å²) in [6.07, 6.45) is -0.508. The fraction of sp³-hybridized carbons (Fsp3) is 0.312. The lowest BCUT2D eigenvalue weighted by Crippen LogP contribution is -2.49. The van der Waals surface area contributed by atoms with E-state index in [1.807, 2.05) is 0 Å². The number of nitro groups is 1. The van der Waals surface area contributed by atoms with Gasteiger partial charge in [-0.05, 0) is 63.6 Å². The van der Waals surface area contributed by atoms with Crippen molar-refractivity contribution < 1.29 is 46.4 Å². The lowest BCUT2D eigenvalue weighted by Gasteiger charge is -2.32. The zero-order chi connectivity index (χ0) is 35.4. The summed E-state index contributed by atoms with van der Waals surface area (Å²) < 4.78 is 53.8. The molecule has 0 spiro atoms. The highest BCUT2D eigenvalue weighted by molar-refractivity contribution is 7.92. The number of anilines is 1. The fourth-order valence-electron chi connectivity index (χ4n) is 5.30. The van der Waals surface area contributed by atoms with E-state index >= 15 is 4.39 Å². The van der Waals surface area contributed by atoms with Crippen molar-refractivity contribution in [1.82, 2.24) is 10.2 Å². The van der Waals surface area contributed by atoms with Gasteiger partial charge in [0.25, 0.3) is 5.69 Å². The van der Waals surface area contributed by atoms with E-state index in [1.165, 1.54) is 49.6 Å². The van der Waals surface area contributed by atoms with Gasteiger partial charge < -0.3 is 25.0 Å². The summed E-state index contributed by atoms with van der Waals surface area (Å²) in [5, 5.41) is 14.4. The number of nitro benzene ring substituents is 1. The SMILES string of the molecule is COC(=O)c1cccc(NC(=O)NCC(=O)N2C(C(=O)OC(C)(C)C)CC(S(=O)(=O)c3ccc([N+](=O)[O-])cc3)C2c2ccccc2F)c1. The molecule has 1 aliphatic heterocycles. The topological polar surface area (TPSA) is 191 Å². The highest BCUT2D eigenvalue weighted by atomic mass is 32.2. The molecule has 3 amide bonds. The number of nitrogens with zero attached hydrogens (tertiary/aromatic N) is 2. The summed E-state index contributed by atoms with van der Waals surface area (Å²) in [6.45, 7) is 3.97. The van der Waals surface area contributed by atoms with Crippen molar-refractivity contribution in [3.63, 3.8) is 0 Å². The van der Waals surface area contributed by atoms with E-state index in [0.29, 0.717) is 0 Å². The number of ether oxygens (including phenoxy) is 2. The van der Waals surface area contributed by atoms with Crippen molar-refractivity contribution in [3.8, 4) is 0 Å². The first-order valence-corrected chi connectivity index (χ1v) is 16.1. The van der Waals surface area contributed by atoms with Gasteiger partial charge in [-0.1, -0.05) is 24.3 Å². The van der Waals surface area contributed by atoms with Gasteiger partial charge >= 0.3 is 18.0 Å². The maximum atomic E-state index is 15.4. The fourth-order valence-corrected chi connectivity index (χ4v) is 7.22. The Hall–Kier alpha value is -5.38. The third kappa shape index (κ3) is 7.94. The van der Waals surface area contributed by atoms with Gasteiger partial charge in [0, 0.05) is 23.4 Å². The number of non-ortho nitro benzene ring substituents is 1. The predicted octanol–water partition coefficient (Wildman–Crippen LogP) is 4.17. The second kappa shape index (κ2) is 14.2. The van der Waals surface area contributed by atoms with E-state index in [0.717, 1.165) is 35.2 Å². The smallest absolute Gasteiger partial charge is 0.337 e. The van der Waals surface area contributed by atoms with Crippen LogP contribution in [0.4, 0.5) is 20.6 Å². The van der Waals surface area contributed by atoms with E-state index in [4.69, 9.17) is 4.74 Å². The number of sulfone groups is 1. The van der Waals surface area contributed by atoms with E-state index in [2.05, 4.69) is 15.4 Å². The number of halogens is 1. The molecule has 254 valence electrons. The van der Waals surface area contributed by atoms with Gasteiger partial charge in [0.05, 0.1) is 40.3 Å². The summed E-state index contributed by atoms with van der Waals surface area (Å²) in [4.78, 5) is 63.1. The van der Waals surface area contributed by atoms with Gasteiger partial charge in [-0.2, -0.15) is 0 Å². The van der Waals surface area contributed by atoms with Gasteiger partial charge in [-0.25, -0.2) is 27.2 Å². The Morgan fingerprint density at radius 1 is 1.02 bits per heavy atom. The number of hydrogen-bond acceptors (Lipinski definition) is 10. The highest BCUT2D eigenvalue weighted by Gasteiger charge is 2.54. The summed E-state index contributed by atoms with van der Waals surface area (Å²) in [5.41, 5.74) is -1.29. The van der Waals surface area contributed by atoms with Crippen LogP contribution in [0.15, 0.2) is 77.7 Å². The van der Waals surface area contributed by atoms with Crippen LogP contribution in [0.3, 0.4) is 0 Å². The average molecular weight is 685 g/mol. The van der Waals surface area contributed by atoms with Crippen LogP contribution in [-0.4, -0.2) is 72.7 Å². The first kappa shape index (κ1) is 35.5. The molecule has 0 radical (unpaired) electrons. The molecule has 16 heteroatoms. The van der Waals surface area contributed by atoms with Crippen LogP contribution >= 0.6 is 0 Å². The van der Waals surface area contributed by atoms with Crippen LogP contribution in [0.25, 0.3) is 0 Å². The Labute approximate surface area is 275 Å². The van der Waals surface area contributed by atoms with Crippen LogP contribution in [0.2, 0.25) is 0 Å². The lowest BCUT2D eigenvalue weighted by molar-refractivity contribution is -0.384. The van der Waals surface area contributed by atoms with E-state index in [1.54, 1.807) is 20.8 Å². The second-order valence-corrected chi connectivity index (χ2v) is 13.9. The quantitative estimate of drug-likeness (QED) is 0.188. The summed E-state index contributed by atoms with van der Waals surface area (Å²) >= 11 is 0. The lowest BCUT2D eigenvalue weighted by atomic mass is 10.0. The highest BCUT2D eigenvalue weighted by Crippen LogP contribution is 2.44. The minimum Gasteiger partial charge on any atom is -0.465 e. The van der Waals surface area contributed by atoms with Crippen LogP contribution in [0, 0.1) is 15.9 Å². The molecule has 2 N–H and O–H groups in total. The van der Waals surface area contributed by atoms with Gasteiger partial charge in [0.1, 0.15) is 17.5 Å². The molecule has 3 aromatic carbocycles. The maximum Gasteiger partial charge on any atom is 0.337 e. The monoisotopic (exact) mass is 684 g/mol. The van der Waals surface area contributed by atoms with Crippen molar-refractivity contribution in [1.29, 1.82) is 0 Å². The normalized spacial score (nSPS) is 17.7. The van der Waals surface area contributed by atoms with Gasteiger partial charge in [-0.15, -0.1) is 0 Å². The Bertz CT molecular complexity index is 1840. The molecule has 48 heavy (non-hydrogen) atoms. The number of rotatable bonds is 9. The van der Waals surface area contributed by atoms with E-state index < -0.39 is 80.4 Å². The van der Waals surface area contributed by atoms with E-state index in [9.17, 15) is 37.7 Å². The molecule has 1 heterocycles. The largest absolute Gasteiger partial charge is 0.465 e. The number of nitrogens with one attached hydrogen (secondary N) is 2. The van der Waals surface area contributed by atoms with Crippen LogP contribution in [-0.2, 0) is 28.9 Å². The molecule has 3 atom stereocenters. The molecule has 1 saturated heterocycles. The van der Waals surface area contributed by atoms with Crippen molar-refractivity contribution in [2.45, 2.75) is 55.0 Å². The maximum absolute atomic E-state index is 15.4. The number of amides is 3. The van der Waals surface area contributed by atoms with Crippen molar-refractivity contribution in [2.24, 2.45) is 0 Å². The van der Waals surface area contributed by atoms with Crippen molar-refractivity contribution in [3.05, 3.63) is 99.9 Å². The molecule has 14 nitrogen and oxygen atoms in total. The van der Waals surface area contributed by atoms with Gasteiger partial charge in [-0.3, -0.25) is 14.9 Å². The number of hydrogen-bond donors (Lipinski definition) is 2. The Kier molecular flexibility index (Phi) is 10.5. The molecule has 3 unspecified atom stereocenters. The zero-order valence-corrected chi connectivity index (χ0v) is 27.2. The van der Waals surface area contributed by atoms with Gasteiger partial charge in [0.2, 0.25) is 5.91 Å². The number of carbonyl (C=O) groups is 4. The van der Waals surface area contributed by atoms with Crippen molar-refractivity contribution >= 4 is 45.1 Å². The Morgan fingerprint density at radius 2 is 1.69 bits per heavy atom. The molecule has 0 aliphatic carbocycles. The van der Waals surface area contributed by atoms with Crippen LogP contribution in [0.5, 0.6) is 0 Å². The number of carbonyl (C=O) groups excluding carboxylic acids is 4. The minimum absolute atomic E-state index is 0.150. The van der Waals surface area contributed by atoms with Crippen molar-refractivity contribution in [2.75, 3.05) is 19.0 Å². The number of urea groups is 1. The predicted molar refractivity (Wildman–Crippen MR) is 169 cm³/mol. The van der Waals surface area contributed by atoms with E-state index in [-0.39, 0.29) is 27.4 Å². The zero-order valence-electron chi connectivity index (χ0n) is 26.3. The molecule has 3 aromatic rings. The number of benzene rings is 3. The Morgan fingerprint density at radius 3 is 2.29 bits per heavy atom. The van der Waals surface area contributed by atoms with Gasteiger partial charge in [0.15, 0.2) is 9.84 Å². The number of methoxy groups -OCH3 is 1.